The Morgan fingerprint density at radius 3 is 2.20 bits per heavy atom. The molecule has 0 amide bonds. The zero-order chi connectivity index (χ0) is 29.8. The third kappa shape index (κ3) is 8.04. The molecular formula is C31H32F8O2. The second-order valence-corrected chi connectivity index (χ2v) is 10.8. The lowest BCUT2D eigenvalue weighted by atomic mass is 9.70. The van der Waals surface area contributed by atoms with Crippen LogP contribution >= 0.6 is 0 Å². The Hall–Kier alpha value is -3.04. The second-order valence-electron chi connectivity index (χ2n) is 10.8. The lowest BCUT2D eigenvalue weighted by Gasteiger charge is -2.35. The van der Waals surface area contributed by atoms with Gasteiger partial charge in [0.1, 0.15) is 11.6 Å². The van der Waals surface area contributed by atoms with Crippen LogP contribution in [0.25, 0.3) is 5.57 Å². The molecule has 0 heterocycles. The Morgan fingerprint density at radius 2 is 1.61 bits per heavy atom. The first-order valence-corrected chi connectivity index (χ1v) is 13.8. The Kier molecular flexibility index (Phi) is 9.70. The van der Waals surface area contributed by atoms with Crippen LogP contribution in [0.3, 0.4) is 0 Å². The van der Waals surface area contributed by atoms with Gasteiger partial charge in [-0.25, -0.2) is 8.78 Å². The molecule has 41 heavy (non-hydrogen) atoms. The van der Waals surface area contributed by atoms with Gasteiger partial charge in [0.15, 0.2) is 11.6 Å². The highest BCUT2D eigenvalue weighted by atomic mass is 19.3. The highest BCUT2D eigenvalue weighted by Crippen LogP contribution is 2.43. The molecule has 1 unspecified atom stereocenters. The highest BCUT2D eigenvalue weighted by molar-refractivity contribution is 5.66. The van der Waals surface area contributed by atoms with Crippen LogP contribution in [0.5, 0.6) is 11.5 Å². The van der Waals surface area contributed by atoms with Crippen LogP contribution in [0.1, 0.15) is 75.8 Å². The normalized spacial score (nSPS) is 21.7. The van der Waals surface area contributed by atoms with Gasteiger partial charge < -0.3 is 9.47 Å². The van der Waals surface area contributed by atoms with E-state index in [1.807, 2.05) is 0 Å². The van der Waals surface area contributed by atoms with Crippen molar-refractivity contribution in [2.24, 2.45) is 17.8 Å². The molecule has 0 aliphatic heterocycles. The summed E-state index contributed by atoms with van der Waals surface area (Å²) in [4.78, 5) is 0. The first-order valence-electron chi connectivity index (χ1n) is 13.8. The minimum Gasteiger partial charge on any atom is -0.429 e. The number of ether oxygens (including phenoxy) is 2. The van der Waals surface area contributed by atoms with Crippen molar-refractivity contribution in [3.05, 3.63) is 77.4 Å². The fraction of sp³-hybridized carbons (Fsp3) is 0.484. The molecule has 1 saturated carbocycles. The largest absolute Gasteiger partial charge is 0.429 e. The molecule has 2 nitrogen and oxygen atoms in total. The molecule has 224 valence electrons. The summed E-state index contributed by atoms with van der Waals surface area (Å²) in [5.41, 5.74) is 0.308. The van der Waals surface area contributed by atoms with Crippen molar-refractivity contribution in [3.63, 3.8) is 0 Å². The van der Waals surface area contributed by atoms with Gasteiger partial charge in [0.25, 0.3) is 6.08 Å². The van der Waals surface area contributed by atoms with Crippen molar-refractivity contribution in [2.75, 3.05) is 0 Å². The van der Waals surface area contributed by atoms with Crippen LogP contribution in [0.2, 0.25) is 0 Å². The Balaban J connectivity index is 1.39. The van der Waals surface area contributed by atoms with Gasteiger partial charge in [-0.2, -0.15) is 26.3 Å². The number of hydrogen-bond donors (Lipinski definition) is 0. The third-order valence-electron chi connectivity index (χ3n) is 8.03. The van der Waals surface area contributed by atoms with Gasteiger partial charge in [-0.3, -0.25) is 0 Å². The van der Waals surface area contributed by atoms with Gasteiger partial charge in [0, 0.05) is 6.07 Å². The maximum atomic E-state index is 14.9. The smallest absolute Gasteiger partial charge is 0.429 e. The predicted octanol–water partition coefficient (Wildman–Crippen LogP) is 10.6. The van der Waals surface area contributed by atoms with Crippen molar-refractivity contribution in [1.29, 1.82) is 0 Å². The van der Waals surface area contributed by atoms with E-state index >= 15 is 0 Å². The van der Waals surface area contributed by atoms with E-state index in [9.17, 15) is 35.1 Å². The van der Waals surface area contributed by atoms with Gasteiger partial charge in [-0.15, -0.1) is 0 Å². The molecule has 1 atom stereocenters. The van der Waals surface area contributed by atoms with Crippen molar-refractivity contribution in [3.8, 4) is 11.5 Å². The SMILES string of the molecule is CCCC1CCC(C2CC=C(c3ccc(C(F)(F)Oc4ccc(OC(F)(F)C=C(F)F)c(F)c4)c(F)c3)CC2)CC1. The number of benzene rings is 2. The molecule has 2 aromatic carbocycles. The van der Waals surface area contributed by atoms with Gasteiger partial charge in [0.2, 0.25) is 0 Å². The zero-order valence-corrected chi connectivity index (χ0v) is 22.6. The fourth-order valence-corrected chi connectivity index (χ4v) is 5.99. The van der Waals surface area contributed by atoms with E-state index in [1.54, 1.807) is 0 Å². The molecule has 1 fully saturated rings. The molecule has 0 bridgehead atoms. The van der Waals surface area contributed by atoms with Crippen LogP contribution in [0, 0.1) is 29.4 Å². The van der Waals surface area contributed by atoms with E-state index in [1.165, 1.54) is 44.6 Å². The third-order valence-corrected chi connectivity index (χ3v) is 8.03. The lowest BCUT2D eigenvalue weighted by molar-refractivity contribution is -0.187. The highest BCUT2D eigenvalue weighted by Gasteiger charge is 2.39. The summed E-state index contributed by atoms with van der Waals surface area (Å²) >= 11 is 0. The monoisotopic (exact) mass is 588 g/mol. The molecule has 4 rings (SSSR count). The predicted molar refractivity (Wildman–Crippen MR) is 139 cm³/mol. The van der Waals surface area contributed by atoms with Crippen molar-refractivity contribution in [2.45, 2.75) is 76.9 Å². The topological polar surface area (TPSA) is 18.5 Å². The Morgan fingerprint density at radius 1 is 0.878 bits per heavy atom. The standard InChI is InChI=1S/C31H32F8O2/c1-2-3-19-4-6-20(7-5-19)21-8-10-22(11-9-21)23-12-14-25(26(32)16-23)31(38,39)40-24-13-15-28(27(33)17-24)41-30(36,37)18-29(34)35/h10,12-21H,2-9,11H2,1H3. The number of alkyl halides is 4. The molecule has 2 aliphatic carbocycles. The maximum Gasteiger partial charge on any atom is 0.429 e. The molecule has 2 aromatic rings. The van der Waals surface area contributed by atoms with Crippen LogP contribution in [-0.4, -0.2) is 6.11 Å². The van der Waals surface area contributed by atoms with E-state index in [2.05, 4.69) is 22.5 Å². The van der Waals surface area contributed by atoms with E-state index in [-0.39, 0.29) is 0 Å². The van der Waals surface area contributed by atoms with E-state index in [0.29, 0.717) is 35.6 Å². The van der Waals surface area contributed by atoms with Crippen LogP contribution < -0.4 is 9.47 Å². The number of hydrogen-bond acceptors (Lipinski definition) is 2. The molecule has 0 spiro atoms. The molecule has 0 radical (unpaired) electrons. The molecule has 0 N–H and O–H groups in total. The van der Waals surface area contributed by atoms with E-state index in [0.717, 1.165) is 42.9 Å². The van der Waals surface area contributed by atoms with Crippen LogP contribution in [-0.2, 0) is 6.11 Å². The Labute approximate surface area is 234 Å². The average molecular weight is 589 g/mol. The van der Waals surface area contributed by atoms with Crippen molar-refractivity contribution >= 4 is 5.57 Å². The number of rotatable bonds is 10. The summed E-state index contributed by atoms with van der Waals surface area (Å²) in [6.07, 6.45) is -0.207. The summed E-state index contributed by atoms with van der Waals surface area (Å²) in [5, 5.41) is 0. The fourth-order valence-electron chi connectivity index (χ4n) is 5.99. The van der Waals surface area contributed by atoms with Gasteiger partial charge >= 0.3 is 12.2 Å². The van der Waals surface area contributed by atoms with Gasteiger partial charge in [-0.1, -0.05) is 44.7 Å². The number of allylic oxidation sites excluding steroid dienone is 2. The quantitative estimate of drug-likeness (QED) is 0.257. The second kappa shape index (κ2) is 12.9. The van der Waals surface area contributed by atoms with Crippen molar-refractivity contribution < 1.29 is 44.6 Å². The summed E-state index contributed by atoms with van der Waals surface area (Å²) in [6.45, 7) is 2.22. The maximum absolute atomic E-state index is 14.9. The first-order chi connectivity index (χ1) is 19.4. The number of halogens is 8. The Bertz CT molecular complexity index is 1260. The van der Waals surface area contributed by atoms with Crippen LogP contribution in [0.15, 0.2) is 54.6 Å². The summed E-state index contributed by atoms with van der Waals surface area (Å²) < 4.78 is 118. The average Bonchev–Trinajstić information content (AvgIpc) is 2.90. The van der Waals surface area contributed by atoms with E-state index < -0.39 is 53.1 Å². The van der Waals surface area contributed by atoms with Gasteiger partial charge in [-0.05, 0) is 85.3 Å². The molecule has 0 aromatic heterocycles. The van der Waals surface area contributed by atoms with Crippen LogP contribution in [0.4, 0.5) is 35.1 Å². The zero-order valence-electron chi connectivity index (χ0n) is 22.6. The summed E-state index contributed by atoms with van der Waals surface area (Å²) in [6, 6.07) is 4.79. The molecule has 2 aliphatic rings. The lowest BCUT2D eigenvalue weighted by Crippen LogP contribution is -2.24. The minimum atomic E-state index is -4.54. The van der Waals surface area contributed by atoms with E-state index in [4.69, 9.17) is 0 Å². The summed E-state index contributed by atoms with van der Waals surface area (Å²) in [5.74, 6) is -2.68. The molecule has 10 heteroatoms. The van der Waals surface area contributed by atoms with Crippen molar-refractivity contribution in [1.82, 2.24) is 0 Å². The molecule has 0 saturated heterocycles. The summed E-state index contributed by atoms with van der Waals surface area (Å²) in [7, 11) is 0. The first kappa shape index (κ1) is 30.9. The van der Waals surface area contributed by atoms with Gasteiger partial charge in [0.05, 0.1) is 11.6 Å². The minimum absolute atomic E-state index is 0.306. The molecular weight excluding hydrogens is 556 g/mol.